The molecule has 0 saturated heterocycles. The number of nitrogens with zero attached hydrogens (tertiary/aromatic N) is 2. The molecular formula is C26H26N4O3. The van der Waals surface area contributed by atoms with Crippen molar-refractivity contribution in [2.75, 3.05) is 26.1 Å². The van der Waals surface area contributed by atoms with Gasteiger partial charge in [-0.15, -0.1) is 10.2 Å². The summed E-state index contributed by atoms with van der Waals surface area (Å²) in [6.45, 7) is 2.57. The number of benzene rings is 3. The van der Waals surface area contributed by atoms with Gasteiger partial charge in [0.2, 0.25) is 0 Å². The van der Waals surface area contributed by atoms with Crippen LogP contribution in [0.4, 0.5) is 11.4 Å². The summed E-state index contributed by atoms with van der Waals surface area (Å²) in [7, 11) is 3.23. The number of carbonyl (C=O) groups is 1. The second-order valence-corrected chi connectivity index (χ2v) is 7.44. The van der Waals surface area contributed by atoms with Gasteiger partial charge in [-0.05, 0) is 30.7 Å². The van der Waals surface area contributed by atoms with Crippen LogP contribution in [0.25, 0.3) is 22.0 Å². The lowest BCUT2D eigenvalue weighted by Crippen LogP contribution is -2.26. The zero-order valence-corrected chi connectivity index (χ0v) is 18.9. The molecule has 0 bridgehead atoms. The van der Waals surface area contributed by atoms with Crippen LogP contribution in [0.3, 0.4) is 0 Å². The van der Waals surface area contributed by atoms with Gasteiger partial charge in [-0.25, -0.2) is 0 Å². The first kappa shape index (κ1) is 22.1. The fraction of sp³-hybridized carbons (Fsp3) is 0.192. The first-order valence-corrected chi connectivity index (χ1v) is 10.8. The van der Waals surface area contributed by atoms with E-state index in [1.54, 1.807) is 14.2 Å². The van der Waals surface area contributed by atoms with Gasteiger partial charge in [0, 0.05) is 34.8 Å². The molecule has 1 aromatic heterocycles. The van der Waals surface area contributed by atoms with E-state index in [0.717, 1.165) is 28.6 Å². The molecule has 0 aliphatic rings. The topological polar surface area (TPSA) is 85.4 Å². The summed E-state index contributed by atoms with van der Waals surface area (Å²) in [5.41, 5.74) is 4.06. The summed E-state index contributed by atoms with van der Waals surface area (Å²) in [5.74, 6) is 1.09. The molecule has 0 spiro atoms. The third-order valence-electron chi connectivity index (χ3n) is 5.28. The third kappa shape index (κ3) is 4.57. The van der Waals surface area contributed by atoms with E-state index in [1.165, 1.54) is 0 Å². The Morgan fingerprint density at radius 2 is 1.73 bits per heavy atom. The maximum Gasteiger partial charge on any atom is 0.274 e. The van der Waals surface area contributed by atoms with Gasteiger partial charge in [0.15, 0.2) is 5.69 Å². The number of rotatable bonds is 8. The fourth-order valence-electron chi connectivity index (χ4n) is 3.64. The third-order valence-corrected chi connectivity index (χ3v) is 5.28. The number of methoxy groups -OCH3 is 2. The molecule has 2 N–H and O–H groups in total. The zero-order chi connectivity index (χ0) is 23.2. The number of amides is 1. The molecule has 4 aromatic rings. The maximum atomic E-state index is 12.9. The molecule has 0 atom stereocenters. The standard InChI is InChI=1S/C26H26N4O3/c1-4-15-27-26(31)25-24(28-17-9-6-5-7-10-17)21-12-8-11-20(23(21)29-30-25)19-14-13-18(32-2)16-22(19)33-3/h5-14,16H,4,15H2,1-3H3,(H,27,31)(H,28,29). The average molecular weight is 443 g/mol. The van der Waals surface area contributed by atoms with Gasteiger partial charge in [-0.1, -0.05) is 43.3 Å². The van der Waals surface area contributed by atoms with Crippen LogP contribution in [0.15, 0.2) is 66.7 Å². The average Bonchev–Trinajstić information content (AvgIpc) is 2.87. The highest BCUT2D eigenvalue weighted by atomic mass is 16.5. The predicted octanol–water partition coefficient (Wildman–Crippen LogP) is 5.20. The molecule has 1 heterocycles. The van der Waals surface area contributed by atoms with Crippen molar-refractivity contribution < 1.29 is 14.3 Å². The molecule has 1 amide bonds. The van der Waals surface area contributed by atoms with Crippen LogP contribution in [0, 0.1) is 0 Å². The van der Waals surface area contributed by atoms with Gasteiger partial charge in [0.25, 0.3) is 5.91 Å². The summed E-state index contributed by atoms with van der Waals surface area (Å²) in [4.78, 5) is 12.9. The van der Waals surface area contributed by atoms with Gasteiger partial charge in [-0.2, -0.15) is 0 Å². The number of carbonyl (C=O) groups excluding carboxylic acids is 1. The van der Waals surface area contributed by atoms with Crippen LogP contribution in [0.2, 0.25) is 0 Å². The molecule has 7 heteroatoms. The quantitative estimate of drug-likeness (QED) is 0.390. The second kappa shape index (κ2) is 9.99. The molecular weight excluding hydrogens is 416 g/mol. The molecule has 0 saturated carbocycles. The van der Waals surface area contributed by atoms with Gasteiger partial charge >= 0.3 is 0 Å². The molecule has 0 radical (unpaired) electrons. The van der Waals surface area contributed by atoms with Gasteiger partial charge in [-0.3, -0.25) is 4.79 Å². The Balaban J connectivity index is 1.91. The van der Waals surface area contributed by atoms with Crippen molar-refractivity contribution in [3.8, 4) is 22.6 Å². The summed E-state index contributed by atoms with van der Waals surface area (Å²) in [6, 6.07) is 21.2. The molecule has 168 valence electrons. The van der Waals surface area contributed by atoms with E-state index in [1.807, 2.05) is 73.7 Å². The van der Waals surface area contributed by atoms with Crippen LogP contribution in [0.1, 0.15) is 23.8 Å². The molecule has 0 aliphatic carbocycles. The number of hydrogen-bond acceptors (Lipinski definition) is 6. The molecule has 0 fully saturated rings. The monoisotopic (exact) mass is 442 g/mol. The number of nitrogens with one attached hydrogen (secondary N) is 2. The lowest BCUT2D eigenvalue weighted by atomic mass is 9.99. The summed E-state index contributed by atoms with van der Waals surface area (Å²) in [6.07, 6.45) is 0.829. The van der Waals surface area contributed by atoms with Crippen LogP contribution in [0.5, 0.6) is 11.5 Å². The van der Waals surface area contributed by atoms with E-state index in [9.17, 15) is 4.79 Å². The van der Waals surface area contributed by atoms with Crippen molar-refractivity contribution in [1.82, 2.24) is 15.5 Å². The van der Waals surface area contributed by atoms with Crippen LogP contribution >= 0.6 is 0 Å². The fourth-order valence-corrected chi connectivity index (χ4v) is 3.64. The van der Waals surface area contributed by atoms with E-state index in [-0.39, 0.29) is 11.6 Å². The minimum absolute atomic E-state index is 0.249. The Morgan fingerprint density at radius 1 is 0.909 bits per heavy atom. The van der Waals surface area contributed by atoms with Crippen molar-refractivity contribution in [2.24, 2.45) is 0 Å². The highest BCUT2D eigenvalue weighted by Gasteiger charge is 2.20. The number of aromatic nitrogens is 2. The Kier molecular flexibility index (Phi) is 6.69. The highest BCUT2D eigenvalue weighted by molar-refractivity contribution is 6.09. The minimum Gasteiger partial charge on any atom is -0.497 e. The van der Waals surface area contributed by atoms with E-state index < -0.39 is 0 Å². The lowest BCUT2D eigenvalue weighted by molar-refractivity contribution is 0.0949. The van der Waals surface area contributed by atoms with E-state index in [2.05, 4.69) is 20.8 Å². The second-order valence-electron chi connectivity index (χ2n) is 7.44. The molecule has 0 aliphatic heterocycles. The highest BCUT2D eigenvalue weighted by Crippen LogP contribution is 2.38. The van der Waals surface area contributed by atoms with Crippen molar-refractivity contribution >= 4 is 28.2 Å². The predicted molar refractivity (Wildman–Crippen MR) is 130 cm³/mol. The number of ether oxygens (including phenoxy) is 2. The van der Waals surface area contributed by atoms with Crippen LogP contribution in [-0.2, 0) is 0 Å². The molecule has 3 aromatic carbocycles. The van der Waals surface area contributed by atoms with E-state index in [0.29, 0.717) is 29.2 Å². The SMILES string of the molecule is CCCNC(=O)c1nnc2c(-c3ccc(OC)cc3OC)cccc2c1Nc1ccccc1. The van der Waals surface area contributed by atoms with Crippen LogP contribution < -0.4 is 20.1 Å². The summed E-state index contributed by atoms with van der Waals surface area (Å²) in [5, 5.41) is 15.9. The lowest BCUT2D eigenvalue weighted by Gasteiger charge is -2.16. The summed E-state index contributed by atoms with van der Waals surface area (Å²) >= 11 is 0. The molecule has 0 unspecified atom stereocenters. The Morgan fingerprint density at radius 3 is 2.45 bits per heavy atom. The van der Waals surface area contributed by atoms with Crippen molar-refractivity contribution in [3.05, 3.63) is 72.4 Å². The van der Waals surface area contributed by atoms with Gasteiger partial charge in [0.1, 0.15) is 17.0 Å². The number of hydrogen-bond donors (Lipinski definition) is 2. The van der Waals surface area contributed by atoms with E-state index >= 15 is 0 Å². The smallest absolute Gasteiger partial charge is 0.274 e. The maximum absolute atomic E-state index is 12.9. The van der Waals surface area contributed by atoms with Gasteiger partial charge < -0.3 is 20.1 Å². The first-order chi connectivity index (χ1) is 16.2. The largest absolute Gasteiger partial charge is 0.497 e. The van der Waals surface area contributed by atoms with Crippen molar-refractivity contribution in [2.45, 2.75) is 13.3 Å². The Bertz CT molecular complexity index is 1280. The Hall–Kier alpha value is -4.13. The van der Waals surface area contributed by atoms with E-state index in [4.69, 9.17) is 9.47 Å². The molecule has 33 heavy (non-hydrogen) atoms. The number of fused-ring (bicyclic) bond motifs is 1. The first-order valence-electron chi connectivity index (χ1n) is 10.8. The zero-order valence-electron chi connectivity index (χ0n) is 18.9. The summed E-state index contributed by atoms with van der Waals surface area (Å²) < 4.78 is 10.9. The minimum atomic E-state index is -0.267. The molecule has 7 nitrogen and oxygen atoms in total. The van der Waals surface area contributed by atoms with Crippen molar-refractivity contribution in [3.63, 3.8) is 0 Å². The normalized spacial score (nSPS) is 10.6. The van der Waals surface area contributed by atoms with Crippen molar-refractivity contribution in [1.29, 1.82) is 0 Å². The number of para-hydroxylation sites is 1. The number of anilines is 2. The Labute approximate surface area is 192 Å². The van der Waals surface area contributed by atoms with Crippen LogP contribution in [-0.4, -0.2) is 36.9 Å². The van der Waals surface area contributed by atoms with Gasteiger partial charge in [0.05, 0.1) is 19.9 Å². The molecule has 4 rings (SSSR count).